The van der Waals surface area contributed by atoms with Crippen LogP contribution in [0.4, 0.5) is 5.69 Å². The number of benzene rings is 2. The molecule has 4 aromatic rings. The topological polar surface area (TPSA) is 102 Å². The van der Waals surface area contributed by atoms with E-state index in [-0.39, 0.29) is 10.7 Å². The van der Waals surface area contributed by atoms with Crippen LogP contribution in [0.5, 0.6) is 0 Å². The zero-order chi connectivity index (χ0) is 21.5. The second-order valence-electron chi connectivity index (χ2n) is 6.64. The number of hydrogen-bond acceptors (Lipinski definition) is 7. The zero-order valence-corrected chi connectivity index (χ0v) is 18.3. The molecule has 152 valence electrons. The van der Waals surface area contributed by atoms with Gasteiger partial charge in [-0.3, -0.25) is 4.79 Å². The number of anilines is 1. The molecule has 7 nitrogen and oxygen atoms in total. The van der Waals surface area contributed by atoms with Crippen molar-refractivity contribution in [2.45, 2.75) is 12.1 Å². The Kier molecular flexibility index (Phi) is 5.27. The number of halogens is 1. The highest BCUT2D eigenvalue weighted by Crippen LogP contribution is 2.31. The monoisotopic (exact) mass is 458 g/mol. The molecule has 1 N–H and O–H groups in total. The van der Waals surface area contributed by atoms with Gasteiger partial charge in [-0.15, -0.1) is 11.3 Å². The van der Waals surface area contributed by atoms with E-state index in [0.29, 0.717) is 5.69 Å². The van der Waals surface area contributed by atoms with Gasteiger partial charge in [-0.2, -0.15) is 0 Å². The summed E-state index contributed by atoms with van der Waals surface area (Å²) in [5.74, 6) is -0.629. The second kappa shape index (κ2) is 7.75. The highest BCUT2D eigenvalue weighted by atomic mass is 35.5. The van der Waals surface area contributed by atoms with Crippen LogP contribution >= 0.6 is 22.9 Å². The molecule has 0 aliphatic carbocycles. The summed E-state index contributed by atoms with van der Waals surface area (Å²) in [6.45, 7) is 2.04. The van der Waals surface area contributed by atoms with Crippen LogP contribution in [0.2, 0.25) is 5.02 Å². The molecule has 1 amide bonds. The Morgan fingerprint density at radius 2 is 1.83 bits per heavy atom. The molecule has 2 aromatic heterocycles. The lowest BCUT2D eigenvalue weighted by atomic mass is 10.2. The van der Waals surface area contributed by atoms with Gasteiger partial charge in [0.2, 0.25) is 15.0 Å². The number of rotatable bonds is 4. The quantitative estimate of drug-likeness (QED) is 0.455. The summed E-state index contributed by atoms with van der Waals surface area (Å²) in [6, 6.07) is 13.3. The molecule has 2 heterocycles. The molecular formula is C20H15ClN4O3S2. The molecule has 0 aliphatic rings. The fourth-order valence-corrected chi connectivity index (χ4v) is 4.48. The third-order valence-corrected chi connectivity index (χ3v) is 6.41. The van der Waals surface area contributed by atoms with Crippen LogP contribution in [0.15, 0.2) is 53.8 Å². The lowest BCUT2D eigenvalue weighted by Gasteiger charge is -2.07. The largest absolute Gasteiger partial charge is 0.321 e. The van der Waals surface area contributed by atoms with Crippen molar-refractivity contribution < 1.29 is 13.2 Å². The van der Waals surface area contributed by atoms with E-state index in [1.165, 1.54) is 5.56 Å². The van der Waals surface area contributed by atoms with E-state index >= 15 is 0 Å². The Bertz CT molecular complexity index is 1380. The van der Waals surface area contributed by atoms with E-state index in [4.69, 9.17) is 11.6 Å². The molecule has 0 atom stereocenters. The average molecular weight is 459 g/mol. The van der Waals surface area contributed by atoms with Crippen LogP contribution in [-0.4, -0.2) is 35.5 Å². The number of hydrogen-bond donors (Lipinski definition) is 1. The van der Waals surface area contributed by atoms with Gasteiger partial charge in [0.25, 0.3) is 5.91 Å². The third kappa shape index (κ3) is 4.18. The SMILES string of the molecule is Cc1ccc2nc(-c3ccc(NC(=O)c4nc(S(C)(=O)=O)ncc4Cl)cc3)sc2c1. The molecule has 2 aromatic carbocycles. The van der Waals surface area contributed by atoms with E-state index in [1.54, 1.807) is 23.5 Å². The van der Waals surface area contributed by atoms with Crippen molar-refractivity contribution in [1.29, 1.82) is 0 Å². The maximum absolute atomic E-state index is 12.5. The van der Waals surface area contributed by atoms with Gasteiger partial charge in [-0.05, 0) is 48.9 Å². The number of aromatic nitrogens is 3. The fraction of sp³-hybridized carbons (Fsp3) is 0.100. The maximum Gasteiger partial charge on any atom is 0.275 e. The predicted octanol–water partition coefficient (Wildman–Crippen LogP) is 4.37. The summed E-state index contributed by atoms with van der Waals surface area (Å²) in [7, 11) is -3.67. The van der Waals surface area contributed by atoms with E-state index in [2.05, 4.69) is 26.3 Å². The van der Waals surface area contributed by atoms with Gasteiger partial charge >= 0.3 is 0 Å². The van der Waals surface area contributed by atoms with Gasteiger partial charge in [0.1, 0.15) is 5.01 Å². The molecule has 0 bridgehead atoms. The summed E-state index contributed by atoms with van der Waals surface area (Å²) in [5, 5.41) is 3.04. The molecule has 0 spiro atoms. The van der Waals surface area contributed by atoms with Crippen LogP contribution in [0.3, 0.4) is 0 Å². The Morgan fingerprint density at radius 3 is 2.53 bits per heavy atom. The number of thiazole rings is 1. The molecule has 0 saturated heterocycles. The van der Waals surface area contributed by atoms with E-state index in [0.717, 1.165) is 33.2 Å². The van der Waals surface area contributed by atoms with Gasteiger partial charge in [-0.1, -0.05) is 17.7 Å². The van der Waals surface area contributed by atoms with Gasteiger partial charge in [0.15, 0.2) is 5.69 Å². The lowest BCUT2D eigenvalue weighted by Crippen LogP contribution is -2.17. The van der Waals surface area contributed by atoms with Crippen molar-refractivity contribution in [2.75, 3.05) is 11.6 Å². The molecule has 0 unspecified atom stereocenters. The highest BCUT2D eigenvalue weighted by molar-refractivity contribution is 7.90. The number of amides is 1. The number of aryl methyl sites for hydroxylation is 1. The Balaban J connectivity index is 1.57. The van der Waals surface area contributed by atoms with Crippen molar-refractivity contribution in [1.82, 2.24) is 15.0 Å². The zero-order valence-electron chi connectivity index (χ0n) is 15.9. The molecular weight excluding hydrogens is 444 g/mol. The van der Waals surface area contributed by atoms with Crippen molar-refractivity contribution in [2.24, 2.45) is 0 Å². The van der Waals surface area contributed by atoms with E-state index in [9.17, 15) is 13.2 Å². The molecule has 0 aliphatic heterocycles. The number of fused-ring (bicyclic) bond motifs is 1. The standard InChI is InChI=1S/C20H15ClN4O3S2/c1-11-3-8-15-16(9-11)29-19(24-15)12-4-6-13(7-5-12)23-18(26)17-14(21)10-22-20(25-17)30(2,27)28/h3-10H,1-2H3,(H,23,26). The van der Waals surface area contributed by atoms with Crippen LogP contribution < -0.4 is 5.32 Å². The Morgan fingerprint density at radius 1 is 1.10 bits per heavy atom. The molecule has 0 radical (unpaired) electrons. The fourth-order valence-electron chi connectivity index (χ4n) is 2.73. The third-order valence-electron chi connectivity index (χ3n) is 4.20. The minimum atomic E-state index is -3.67. The summed E-state index contributed by atoms with van der Waals surface area (Å²) >= 11 is 7.57. The molecule has 0 saturated carbocycles. The first kappa shape index (κ1) is 20.4. The molecule has 30 heavy (non-hydrogen) atoms. The van der Waals surface area contributed by atoms with Crippen molar-refractivity contribution in [3.63, 3.8) is 0 Å². The highest BCUT2D eigenvalue weighted by Gasteiger charge is 2.19. The first-order chi connectivity index (χ1) is 14.2. The summed E-state index contributed by atoms with van der Waals surface area (Å²) in [6.07, 6.45) is 2.05. The molecule has 10 heteroatoms. The van der Waals surface area contributed by atoms with Crippen LogP contribution in [0, 0.1) is 6.92 Å². The average Bonchev–Trinajstić information content (AvgIpc) is 3.11. The molecule has 0 fully saturated rings. The van der Waals surface area contributed by atoms with Gasteiger partial charge in [0, 0.05) is 17.5 Å². The van der Waals surface area contributed by atoms with Crippen molar-refractivity contribution in [3.8, 4) is 10.6 Å². The first-order valence-corrected chi connectivity index (χ1v) is 11.8. The number of nitrogens with one attached hydrogen (secondary N) is 1. The van der Waals surface area contributed by atoms with Crippen LogP contribution in [0.25, 0.3) is 20.8 Å². The Labute approximate surface area is 181 Å². The number of carbonyl (C=O) groups is 1. The van der Waals surface area contributed by atoms with Crippen molar-refractivity contribution >= 4 is 54.6 Å². The minimum absolute atomic E-state index is 0.0405. The number of carbonyl (C=O) groups excluding carboxylic acids is 1. The van der Waals surface area contributed by atoms with Crippen LogP contribution in [-0.2, 0) is 9.84 Å². The predicted molar refractivity (Wildman–Crippen MR) is 118 cm³/mol. The van der Waals surface area contributed by atoms with Gasteiger partial charge in [0.05, 0.1) is 21.4 Å². The van der Waals surface area contributed by atoms with Gasteiger partial charge < -0.3 is 5.32 Å². The van der Waals surface area contributed by atoms with E-state index < -0.39 is 20.9 Å². The first-order valence-electron chi connectivity index (χ1n) is 8.72. The maximum atomic E-state index is 12.5. The molecule has 4 rings (SSSR count). The Hall–Kier alpha value is -2.88. The van der Waals surface area contributed by atoms with Crippen molar-refractivity contribution in [3.05, 3.63) is 64.9 Å². The van der Waals surface area contributed by atoms with Gasteiger partial charge in [-0.25, -0.2) is 23.4 Å². The summed E-state index contributed by atoms with van der Waals surface area (Å²) in [5.41, 5.74) is 3.34. The summed E-state index contributed by atoms with van der Waals surface area (Å²) < 4.78 is 24.4. The smallest absolute Gasteiger partial charge is 0.275 e. The lowest BCUT2D eigenvalue weighted by molar-refractivity contribution is 0.102. The van der Waals surface area contributed by atoms with Crippen LogP contribution in [0.1, 0.15) is 16.1 Å². The van der Waals surface area contributed by atoms with E-state index in [1.807, 2.05) is 31.2 Å². The minimum Gasteiger partial charge on any atom is -0.321 e. The normalized spacial score (nSPS) is 11.6. The summed E-state index contributed by atoms with van der Waals surface area (Å²) in [4.78, 5) is 24.6. The number of sulfone groups is 1. The number of nitrogens with zero attached hydrogens (tertiary/aromatic N) is 3. The second-order valence-corrected chi connectivity index (χ2v) is 9.99.